The molecule has 0 bridgehead atoms. The highest BCUT2D eigenvalue weighted by Crippen LogP contribution is 2.18. The van der Waals surface area contributed by atoms with Crippen molar-refractivity contribution in [3.63, 3.8) is 0 Å². The Hall–Kier alpha value is -2.88. The molecule has 0 saturated carbocycles. The summed E-state index contributed by atoms with van der Waals surface area (Å²) in [5, 5.41) is 3.02. The van der Waals surface area contributed by atoms with Crippen molar-refractivity contribution in [3.8, 4) is 5.75 Å². The van der Waals surface area contributed by atoms with Crippen molar-refractivity contribution >= 4 is 17.4 Å². The van der Waals surface area contributed by atoms with Crippen LogP contribution in [0.4, 0.5) is 5.69 Å². The molecule has 0 aromatic heterocycles. The second-order valence-corrected chi connectivity index (χ2v) is 9.50. The summed E-state index contributed by atoms with van der Waals surface area (Å²) in [5.41, 5.74) is 2.04. The van der Waals surface area contributed by atoms with Crippen LogP contribution >= 0.6 is 0 Å². The number of nitrogens with one attached hydrogen (secondary N) is 1. The molecule has 4 nitrogen and oxygen atoms in total. The molecule has 0 spiro atoms. The lowest BCUT2D eigenvalue weighted by Crippen LogP contribution is -2.09. The minimum atomic E-state index is -0.427. The highest BCUT2D eigenvalue weighted by atomic mass is 16.5. The molecule has 0 radical (unpaired) electrons. The number of ether oxygens (including phenoxy) is 1. The zero-order valence-corrected chi connectivity index (χ0v) is 22.4. The van der Waals surface area contributed by atoms with E-state index >= 15 is 0 Å². The van der Waals surface area contributed by atoms with Gasteiger partial charge in [0.25, 0.3) is 0 Å². The molecule has 36 heavy (non-hydrogen) atoms. The molecule has 0 amide bonds. The zero-order chi connectivity index (χ0) is 25.8. The van der Waals surface area contributed by atoms with E-state index in [4.69, 9.17) is 4.74 Å². The third-order valence-corrected chi connectivity index (χ3v) is 6.46. The number of Topliss-reactive ketones (excluding diaryl/α,β-unsaturated/α-hetero) is 1. The van der Waals surface area contributed by atoms with Crippen molar-refractivity contribution in [2.24, 2.45) is 0 Å². The summed E-state index contributed by atoms with van der Waals surface area (Å²) >= 11 is 0. The van der Waals surface area contributed by atoms with E-state index in [-0.39, 0.29) is 5.78 Å². The Morgan fingerprint density at radius 1 is 0.694 bits per heavy atom. The molecule has 2 aromatic carbocycles. The molecule has 0 saturated heterocycles. The molecule has 0 atom stereocenters. The Morgan fingerprint density at radius 2 is 1.22 bits per heavy atom. The molecule has 2 rings (SSSR count). The summed E-state index contributed by atoms with van der Waals surface area (Å²) in [5.74, 6) is 0.196. The number of allylic oxidation sites excluding steroid dienone is 2. The number of unbranched alkanes of at least 4 members (excludes halogenated alkanes) is 11. The predicted octanol–water partition coefficient (Wildman–Crippen LogP) is 9.17. The lowest BCUT2D eigenvalue weighted by Gasteiger charge is -2.06. The van der Waals surface area contributed by atoms with Crippen LogP contribution in [0.3, 0.4) is 0 Å². The molecule has 0 unspecified atom stereocenters. The number of rotatable bonds is 19. The van der Waals surface area contributed by atoms with E-state index < -0.39 is 5.97 Å². The van der Waals surface area contributed by atoms with Gasteiger partial charge in [0.2, 0.25) is 0 Å². The van der Waals surface area contributed by atoms with Crippen LogP contribution in [-0.4, -0.2) is 18.8 Å². The fourth-order valence-electron chi connectivity index (χ4n) is 4.15. The number of hydrogen-bond donors (Lipinski definition) is 1. The molecule has 1 N–H and O–H groups in total. The van der Waals surface area contributed by atoms with E-state index in [9.17, 15) is 9.59 Å². The van der Waals surface area contributed by atoms with Crippen LogP contribution in [0.25, 0.3) is 0 Å². The van der Waals surface area contributed by atoms with Gasteiger partial charge in [-0.05, 0) is 68.5 Å². The van der Waals surface area contributed by atoms with Gasteiger partial charge in [-0.2, -0.15) is 0 Å². The van der Waals surface area contributed by atoms with E-state index in [0.717, 1.165) is 18.5 Å². The molecule has 0 aliphatic rings. The van der Waals surface area contributed by atoms with Crippen LogP contribution in [0.2, 0.25) is 0 Å². The molecule has 0 aliphatic carbocycles. The third kappa shape index (κ3) is 12.2. The number of carbonyl (C=O) groups excluding carboxylic acids is 2. The predicted molar refractivity (Wildman–Crippen MR) is 151 cm³/mol. The van der Waals surface area contributed by atoms with Gasteiger partial charge in [0.1, 0.15) is 5.75 Å². The van der Waals surface area contributed by atoms with Crippen LogP contribution in [0.1, 0.15) is 118 Å². The van der Waals surface area contributed by atoms with E-state index in [0.29, 0.717) is 23.3 Å². The highest BCUT2D eigenvalue weighted by molar-refractivity contribution is 5.97. The second-order valence-electron chi connectivity index (χ2n) is 9.50. The van der Waals surface area contributed by atoms with Gasteiger partial charge in [0.05, 0.1) is 5.56 Å². The Kier molecular flexibility index (Phi) is 15.0. The molecule has 0 fully saturated rings. The van der Waals surface area contributed by atoms with E-state index in [1.54, 1.807) is 36.4 Å². The number of ketones is 1. The largest absolute Gasteiger partial charge is 0.423 e. The lowest BCUT2D eigenvalue weighted by molar-refractivity contribution is 0.0734. The molecular formula is C32H45NO3. The number of hydrogen-bond acceptors (Lipinski definition) is 4. The van der Waals surface area contributed by atoms with Crippen LogP contribution in [0.15, 0.2) is 60.7 Å². The Balaban J connectivity index is 1.53. The molecular weight excluding hydrogens is 446 g/mol. The Morgan fingerprint density at radius 3 is 1.81 bits per heavy atom. The smallest absolute Gasteiger partial charge is 0.343 e. The number of anilines is 1. The number of esters is 1. The second kappa shape index (κ2) is 18.4. The standard InChI is InChI=1S/C32H45NO3/c1-3-4-5-6-7-8-9-10-11-12-13-14-15-16-17-18-31(34)27-19-21-28(22-20-27)32(35)36-30-25-23-29(33-2)24-26-30/h10-11,19-26,33H,3-9,12-18H2,1-2H3. The Bertz CT molecular complexity index is 900. The van der Waals surface area contributed by atoms with Crippen LogP contribution < -0.4 is 10.1 Å². The van der Waals surface area contributed by atoms with E-state index in [2.05, 4.69) is 24.4 Å². The van der Waals surface area contributed by atoms with Crippen molar-refractivity contribution in [1.29, 1.82) is 0 Å². The maximum absolute atomic E-state index is 12.5. The fraction of sp³-hybridized carbons (Fsp3) is 0.500. The summed E-state index contributed by atoms with van der Waals surface area (Å²) in [6, 6.07) is 14.0. The van der Waals surface area contributed by atoms with Crippen molar-refractivity contribution in [2.45, 2.75) is 96.8 Å². The summed E-state index contributed by atoms with van der Waals surface area (Å²) in [6.45, 7) is 2.26. The first-order chi connectivity index (χ1) is 17.6. The van der Waals surface area contributed by atoms with Gasteiger partial charge in [-0.3, -0.25) is 4.79 Å². The Labute approximate surface area is 218 Å². The van der Waals surface area contributed by atoms with E-state index in [1.165, 1.54) is 70.6 Å². The summed E-state index contributed by atoms with van der Waals surface area (Å²) < 4.78 is 5.40. The monoisotopic (exact) mass is 491 g/mol. The summed E-state index contributed by atoms with van der Waals surface area (Å²) in [7, 11) is 1.83. The third-order valence-electron chi connectivity index (χ3n) is 6.46. The summed E-state index contributed by atoms with van der Waals surface area (Å²) in [4.78, 5) is 24.8. The van der Waals surface area contributed by atoms with E-state index in [1.807, 2.05) is 19.2 Å². The van der Waals surface area contributed by atoms with Crippen molar-refractivity contribution in [2.75, 3.05) is 12.4 Å². The topological polar surface area (TPSA) is 55.4 Å². The number of benzene rings is 2. The molecule has 0 heterocycles. The molecule has 0 aliphatic heterocycles. The van der Waals surface area contributed by atoms with Gasteiger partial charge in [-0.25, -0.2) is 4.79 Å². The van der Waals surface area contributed by atoms with Gasteiger partial charge in [-0.1, -0.05) is 82.6 Å². The first-order valence-electron chi connectivity index (χ1n) is 13.9. The van der Waals surface area contributed by atoms with Gasteiger partial charge >= 0.3 is 5.97 Å². The maximum Gasteiger partial charge on any atom is 0.343 e. The van der Waals surface area contributed by atoms with Crippen LogP contribution in [0, 0.1) is 0 Å². The van der Waals surface area contributed by atoms with Gasteiger partial charge in [0.15, 0.2) is 5.78 Å². The van der Waals surface area contributed by atoms with Gasteiger partial charge < -0.3 is 10.1 Å². The maximum atomic E-state index is 12.5. The van der Waals surface area contributed by atoms with Crippen molar-refractivity contribution in [3.05, 3.63) is 71.8 Å². The lowest BCUT2D eigenvalue weighted by atomic mass is 10.0. The molecule has 196 valence electrons. The van der Waals surface area contributed by atoms with Crippen molar-refractivity contribution in [1.82, 2.24) is 0 Å². The average Bonchev–Trinajstić information content (AvgIpc) is 2.91. The zero-order valence-electron chi connectivity index (χ0n) is 22.4. The SMILES string of the molecule is CCCCCCCCC=CCCCCCCCC(=O)c1ccc(C(=O)Oc2ccc(NC)cc2)cc1. The quantitative estimate of drug-likeness (QED) is 0.0699. The first-order valence-corrected chi connectivity index (χ1v) is 13.9. The van der Waals surface area contributed by atoms with Gasteiger partial charge in [0, 0.05) is 24.7 Å². The molecule has 2 aromatic rings. The van der Waals surface area contributed by atoms with Gasteiger partial charge in [-0.15, -0.1) is 0 Å². The molecule has 4 heteroatoms. The van der Waals surface area contributed by atoms with Crippen LogP contribution in [-0.2, 0) is 0 Å². The highest BCUT2D eigenvalue weighted by Gasteiger charge is 2.11. The minimum absolute atomic E-state index is 0.134. The van der Waals surface area contributed by atoms with Crippen LogP contribution in [0.5, 0.6) is 5.75 Å². The first kappa shape index (κ1) is 29.4. The minimum Gasteiger partial charge on any atom is -0.423 e. The normalized spacial score (nSPS) is 11.1. The van der Waals surface area contributed by atoms with Crippen molar-refractivity contribution < 1.29 is 14.3 Å². The average molecular weight is 492 g/mol. The summed E-state index contributed by atoms with van der Waals surface area (Å²) in [6.07, 6.45) is 21.5. The fourth-order valence-corrected chi connectivity index (χ4v) is 4.15. The number of carbonyl (C=O) groups is 2.